The van der Waals surface area contributed by atoms with Crippen LogP contribution in [0.4, 0.5) is 0 Å². The highest BCUT2D eigenvalue weighted by Gasteiger charge is 2.33. The molecule has 2 rings (SSSR count). The highest BCUT2D eigenvalue weighted by molar-refractivity contribution is 7.80. The number of nitrogens with zero attached hydrogens (tertiary/aromatic N) is 2. The topological polar surface area (TPSA) is 64.7 Å². The number of likely N-dealkylation sites (tertiary alicyclic amines) is 2. The van der Waals surface area contributed by atoms with E-state index in [1.165, 1.54) is 0 Å². The summed E-state index contributed by atoms with van der Waals surface area (Å²) in [5.41, 5.74) is 0. The third kappa shape index (κ3) is 4.48. The SMILES string of the molecule is B[C@@H]1CCCN1C(=S)[C@H](C)NC(=O)[C@@H]1CCCCN1C(=O)CNC. The molecule has 0 aromatic rings. The van der Waals surface area contributed by atoms with Crippen molar-refractivity contribution < 1.29 is 9.59 Å². The molecule has 0 aliphatic carbocycles. The van der Waals surface area contributed by atoms with Gasteiger partial charge in [0.05, 0.1) is 17.6 Å². The van der Waals surface area contributed by atoms with Gasteiger partial charge in [0.1, 0.15) is 13.9 Å². The van der Waals surface area contributed by atoms with Crippen molar-refractivity contribution in [2.75, 3.05) is 26.7 Å². The van der Waals surface area contributed by atoms with E-state index in [1.807, 2.05) is 6.92 Å². The Labute approximate surface area is 151 Å². The van der Waals surface area contributed by atoms with Gasteiger partial charge < -0.3 is 20.4 Å². The summed E-state index contributed by atoms with van der Waals surface area (Å²) in [7, 11) is 3.92. The Kier molecular flexibility index (Phi) is 7.04. The molecule has 2 fully saturated rings. The van der Waals surface area contributed by atoms with E-state index in [0.29, 0.717) is 12.5 Å². The van der Waals surface area contributed by atoms with Crippen LogP contribution < -0.4 is 10.6 Å². The van der Waals surface area contributed by atoms with Crippen molar-refractivity contribution in [3.05, 3.63) is 0 Å². The summed E-state index contributed by atoms with van der Waals surface area (Å²) in [5, 5.41) is 5.91. The van der Waals surface area contributed by atoms with Gasteiger partial charge in [-0.2, -0.15) is 0 Å². The summed E-state index contributed by atoms with van der Waals surface area (Å²) >= 11 is 5.58. The van der Waals surface area contributed by atoms with E-state index in [1.54, 1.807) is 11.9 Å². The predicted octanol–water partition coefficient (Wildman–Crippen LogP) is -0.526. The number of nitrogens with one attached hydrogen (secondary N) is 2. The summed E-state index contributed by atoms with van der Waals surface area (Å²) in [5.74, 6) is 0.349. The molecule has 0 bridgehead atoms. The molecule has 2 aliphatic heterocycles. The molecule has 0 saturated carbocycles. The lowest BCUT2D eigenvalue weighted by Crippen LogP contribution is -2.57. The zero-order valence-electron chi connectivity index (χ0n) is 15.0. The van der Waals surface area contributed by atoms with E-state index in [9.17, 15) is 9.59 Å². The smallest absolute Gasteiger partial charge is 0.243 e. The fourth-order valence-electron chi connectivity index (χ4n) is 3.64. The molecule has 0 radical (unpaired) electrons. The number of hydrogen-bond acceptors (Lipinski definition) is 4. The van der Waals surface area contributed by atoms with Crippen LogP contribution in [0.15, 0.2) is 0 Å². The van der Waals surface area contributed by atoms with Crippen LogP contribution in [0.2, 0.25) is 0 Å². The lowest BCUT2D eigenvalue weighted by molar-refractivity contribution is -0.141. The Morgan fingerprint density at radius 2 is 1.92 bits per heavy atom. The first-order valence-electron chi connectivity index (χ1n) is 9.00. The van der Waals surface area contributed by atoms with Gasteiger partial charge in [-0.15, -0.1) is 0 Å². The van der Waals surface area contributed by atoms with E-state index < -0.39 is 0 Å². The number of hydrogen-bond donors (Lipinski definition) is 2. The van der Waals surface area contributed by atoms with Crippen molar-refractivity contribution >= 4 is 36.9 Å². The highest BCUT2D eigenvalue weighted by atomic mass is 32.1. The minimum absolute atomic E-state index is 0.0132. The second-order valence-electron chi connectivity index (χ2n) is 6.88. The van der Waals surface area contributed by atoms with Crippen LogP contribution in [0.25, 0.3) is 0 Å². The van der Waals surface area contributed by atoms with Gasteiger partial charge in [0.25, 0.3) is 0 Å². The van der Waals surface area contributed by atoms with Crippen LogP contribution in [0, 0.1) is 0 Å². The summed E-state index contributed by atoms with van der Waals surface area (Å²) in [6.07, 6.45) is 4.95. The van der Waals surface area contributed by atoms with Crippen molar-refractivity contribution in [3.8, 4) is 0 Å². The van der Waals surface area contributed by atoms with Crippen molar-refractivity contribution in [1.29, 1.82) is 0 Å². The van der Waals surface area contributed by atoms with Gasteiger partial charge in [-0.3, -0.25) is 9.59 Å². The zero-order chi connectivity index (χ0) is 17.7. The number of likely N-dealkylation sites (N-methyl/N-ethyl adjacent to an activating group) is 1. The average molecular weight is 352 g/mol. The number of piperidine rings is 1. The Hall–Kier alpha value is -1.15. The van der Waals surface area contributed by atoms with Crippen LogP contribution in [0.1, 0.15) is 39.0 Å². The fraction of sp³-hybridized carbons (Fsp3) is 0.812. The molecular formula is C16H29BN4O2S. The van der Waals surface area contributed by atoms with Crippen molar-refractivity contribution in [2.45, 2.75) is 57.1 Å². The third-order valence-electron chi connectivity index (χ3n) is 5.02. The van der Waals surface area contributed by atoms with Gasteiger partial charge in [0.15, 0.2) is 0 Å². The summed E-state index contributed by atoms with van der Waals surface area (Å²) in [6, 6.07) is -0.558. The van der Waals surface area contributed by atoms with Gasteiger partial charge in [-0.25, -0.2) is 0 Å². The first-order valence-corrected chi connectivity index (χ1v) is 9.41. The molecule has 0 aromatic carbocycles. The number of carbonyl (C=O) groups excluding carboxylic acids is 2. The maximum Gasteiger partial charge on any atom is 0.243 e. The number of thiocarbonyl (C=S) groups is 1. The van der Waals surface area contributed by atoms with E-state index in [2.05, 4.69) is 23.4 Å². The van der Waals surface area contributed by atoms with Crippen molar-refractivity contribution in [2.24, 2.45) is 0 Å². The third-order valence-corrected chi connectivity index (χ3v) is 5.61. The van der Waals surface area contributed by atoms with Gasteiger partial charge in [-0.1, -0.05) is 12.2 Å². The quantitative estimate of drug-likeness (QED) is 0.515. The van der Waals surface area contributed by atoms with Crippen LogP contribution in [0.5, 0.6) is 0 Å². The Balaban J connectivity index is 1.96. The summed E-state index contributed by atoms with van der Waals surface area (Å²) < 4.78 is 0. The second kappa shape index (κ2) is 8.81. The maximum absolute atomic E-state index is 12.7. The molecule has 0 aromatic heterocycles. The van der Waals surface area contributed by atoms with Gasteiger partial charge >= 0.3 is 0 Å². The molecular weight excluding hydrogens is 323 g/mol. The van der Waals surface area contributed by atoms with Crippen LogP contribution in [-0.2, 0) is 9.59 Å². The summed E-state index contributed by atoms with van der Waals surface area (Å²) in [4.78, 5) is 29.7. The standard InChI is InChI=1S/C16H29BN4O2S/c1-11(16(24)21-9-5-7-13(21)17)19-15(23)12-6-3-4-8-20(12)14(22)10-18-2/h11-13,18H,3-10,17H2,1-2H3,(H,19,23)/t11-,12-,13-/m0/s1. The lowest BCUT2D eigenvalue weighted by atomic mass is 9.94. The van der Waals surface area contributed by atoms with E-state index >= 15 is 0 Å². The Bertz CT molecular complexity index is 491. The lowest BCUT2D eigenvalue weighted by Gasteiger charge is -2.36. The molecule has 134 valence electrons. The fourth-order valence-corrected chi connectivity index (χ4v) is 3.97. The molecule has 24 heavy (non-hydrogen) atoms. The van der Waals surface area contributed by atoms with Gasteiger partial charge in [0, 0.05) is 13.1 Å². The molecule has 3 atom stereocenters. The number of rotatable bonds is 5. The summed E-state index contributed by atoms with van der Waals surface area (Å²) in [6.45, 7) is 3.83. The van der Waals surface area contributed by atoms with Crippen LogP contribution in [-0.4, -0.2) is 79.2 Å². The Morgan fingerprint density at radius 3 is 2.54 bits per heavy atom. The number of amides is 2. The first kappa shape index (κ1) is 19.2. The normalized spacial score (nSPS) is 25.4. The van der Waals surface area contributed by atoms with Gasteiger partial charge in [-0.05, 0) is 52.0 Å². The molecule has 2 heterocycles. The van der Waals surface area contributed by atoms with Crippen LogP contribution >= 0.6 is 12.2 Å². The molecule has 2 aliphatic rings. The minimum Gasteiger partial charge on any atom is -0.370 e. The van der Waals surface area contributed by atoms with Crippen molar-refractivity contribution in [1.82, 2.24) is 20.4 Å². The van der Waals surface area contributed by atoms with Crippen molar-refractivity contribution in [3.63, 3.8) is 0 Å². The Morgan fingerprint density at radius 1 is 1.21 bits per heavy atom. The first-order chi connectivity index (χ1) is 11.5. The molecule has 6 nitrogen and oxygen atoms in total. The number of carbonyl (C=O) groups is 2. The predicted molar refractivity (Wildman–Crippen MR) is 102 cm³/mol. The average Bonchev–Trinajstić information content (AvgIpc) is 3.00. The highest BCUT2D eigenvalue weighted by Crippen LogP contribution is 2.19. The molecule has 0 unspecified atom stereocenters. The maximum atomic E-state index is 12.7. The van der Waals surface area contributed by atoms with E-state index in [4.69, 9.17) is 12.2 Å². The van der Waals surface area contributed by atoms with Gasteiger partial charge in [0.2, 0.25) is 11.8 Å². The monoisotopic (exact) mass is 352 g/mol. The molecule has 8 heteroatoms. The zero-order valence-corrected chi connectivity index (χ0v) is 15.8. The largest absolute Gasteiger partial charge is 0.370 e. The second-order valence-corrected chi connectivity index (χ2v) is 7.30. The molecule has 2 saturated heterocycles. The molecule has 0 spiro atoms. The molecule has 2 amide bonds. The van der Waals surface area contributed by atoms with Crippen LogP contribution in [0.3, 0.4) is 0 Å². The minimum atomic E-state index is -0.374. The van der Waals surface area contributed by atoms with E-state index in [0.717, 1.165) is 43.6 Å². The molecule has 2 N–H and O–H groups in total. The van der Waals surface area contributed by atoms with E-state index in [-0.39, 0.29) is 30.4 Å².